The Labute approximate surface area is 182 Å². The van der Waals surface area contributed by atoms with E-state index < -0.39 is 0 Å². The number of nitriles is 1. The summed E-state index contributed by atoms with van der Waals surface area (Å²) >= 11 is 0. The third-order valence-electron chi connectivity index (χ3n) is 5.92. The zero-order valence-corrected chi connectivity index (χ0v) is 17.9. The molecule has 0 fully saturated rings. The molecule has 1 N–H and O–H groups in total. The minimum Gasteiger partial charge on any atom is -0.313 e. The zero-order valence-electron chi connectivity index (χ0n) is 17.9. The molecule has 0 aliphatic heterocycles. The number of benzene rings is 2. The van der Waals surface area contributed by atoms with Gasteiger partial charge in [-0.2, -0.15) is 5.26 Å². The Morgan fingerprint density at radius 1 is 1.00 bits per heavy atom. The fourth-order valence-corrected chi connectivity index (χ4v) is 4.59. The van der Waals surface area contributed by atoms with Gasteiger partial charge in [-0.1, -0.05) is 48.5 Å². The molecule has 31 heavy (non-hydrogen) atoms. The first-order valence-electron chi connectivity index (χ1n) is 10.8. The molecule has 152 valence electrons. The van der Waals surface area contributed by atoms with Crippen LogP contribution < -0.4 is 4.90 Å². The molecule has 4 aromatic rings. The van der Waals surface area contributed by atoms with Crippen molar-refractivity contribution in [3.05, 3.63) is 89.4 Å². The minimum absolute atomic E-state index is 0.642. The first-order valence-corrected chi connectivity index (χ1v) is 10.8. The van der Waals surface area contributed by atoms with E-state index in [1.165, 1.54) is 21.6 Å². The Morgan fingerprint density at radius 2 is 1.71 bits per heavy atom. The van der Waals surface area contributed by atoms with Gasteiger partial charge in [0.25, 0.3) is 0 Å². The zero-order chi connectivity index (χ0) is 21.4. The first-order chi connectivity index (χ1) is 15.2. The molecule has 0 radical (unpaired) electrons. The maximum absolute atomic E-state index is 10.2. The van der Waals surface area contributed by atoms with Crippen molar-refractivity contribution in [3.63, 3.8) is 0 Å². The van der Waals surface area contributed by atoms with E-state index in [9.17, 15) is 5.26 Å². The highest BCUT2D eigenvalue weighted by atomic mass is 15.0. The Morgan fingerprint density at radius 3 is 2.39 bits per heavy atom. The summed E-state index contributed by atoms with van der Waals surface area (Å²) in [6.45, 7) is 0. The largest absolute Gasteiger partial charge is 0.313 e. The standard InChI is InChI=1S/C27H24N4/c1-30(2)17-16-24-22(18-28)26-27(31(24)20-12-7-4-8-13-20)25(19-10-5-3-6-11-19)21-14-9-15-23(21)29-26/h3-8,10-13,16-17H,9,14-15H2,1-2H3/p+1/b17-16+. The molecule has 0 amide bonds. The Kier molecular flexibility index (Phi) is 4.89. The monoisotopic (exact) mass is 405 g/mol. The van der Waals surface area contributed by atoms with Gasteiger partial charge in [-0.3, -0.25) is 0 Å². The summed E-state index contributed by atoms with van der Waals surface area (Å²) in [7, 11) is 4.14. The van der Waals surface area contributed by atoms with Crippen molar-refractivity contribution < 1.29 is 4.90 Å². The lowest BCUT2D eigenvalue weighted by Crippen LogP contribution is -3.00. The van der Waals surface area contributed by atoms with Gasteiger partial charge in [0, 0.05) is 23.0 Å². The molecule has 0 unspecified atom stereocenters. The molecule has 2 heterocycles. The van der Waals surface area contributed by atoms with Crippen molar-refractivity contribution >= 4 is 17.1 Å². The van der Waals surface area contributed by atoms with E-state index >= 15 is 0 Å². The number of hydrogen-bond acceptors (Lipinski definition) is 2. The number of para-hydroxylation sites is 1. The van der Waals surface area contributed by atoms with Gasteiger partial charge in [-0.05, 0) is 42.5 Å². The predicted octanol–water partition coefficient (Wildman–Crippen LogP) is 4.17. The molecule has 4 nitrogen and oxygen atoms in total. The Balaban J connectivity index is 1.98. The second-order valence-corrected chi connectivity index (χ2v) is 8.28. The molecular weight excluding hydrogens is 380 g/mol. The van der Waals surface area contributed by atoms with Crippen molar-refractivity contribution in [1.29, 1.82) is 5.26 Å². The molecule has 0 atom stereocenters. The molecule has 5 rings (SSSR count). The Bertz CT molecular complexity index is 1320. The normalized spacial score (nSPS) is 13.2. The fraction of sp³-hybridized carbons (Fsp3) is 0.185. The smallest absolute Gasteiger partial charge is 0.108 e. The van der Waals surface area contributed by atoms with Gasteiger partial charge in [0.2, 0.25) is 0 Å². The quantitative estimate of drug-likeness (QED) is 0.554. The second-order valence-electron chi connectivity index (χ2n) is 8.28. The van der Waals surface area contributed by atoms with E-state index in [4.69, 9.17) is 4.98 Å². The van der Waals surface area contributed by atoms with E-state index in [0.717, 1.165) is 47.4 Å². The summed E-state index contributed by atoms with van der Waals surface area (Å²) in [4.78, 5) is 6.25. The van der Waals surface area contributed by atoms with Gasteiger partial charge in [0.05, 0.1) is 31.5 Å². The summed E-state index contributed by atoms with van der Waals surface area (Å²) in [6.07, 6.45) is 7.24. The van der Waals surface area contributed by atoms with Crippen LogP contribution in [0.3, 0.4) is 0 Å². The van der Waals surface area contributed by atoms with Crippen molar-refractivity contribution in [2.24, 2.45) is 0 Å². The van der Waals surface area contributed by atoms with Crippen LogP contribution in [-0.4, -0.2) is 23.6 Å². The van der Waals surface area contributed by atoms with Crippen LogP contribution in [0.2, 0.25) is 0 Å². The number of quaternary nitrogens is 1. The molecule has 0 saturated carbocycles. The highest BCUT2D eigenvalue weighted by Gasteiger charge is 2.27. The fourth-order valence-electron chi connectivity index (χ4n) is 4.59. The maximum atomic E-state index is 10.2. The molecule has 0 saturated heterocycles. The van der Waals surface area contributed by atoms with Crippen LogP contribution in [-0.2, 0) is 12.8 Å². The number of aryl methyl sites for hydroxylation is 1. The average molecular weight is 406 g/mol. The van der Waals surface area contributed by atoms with Crippen LogP contribution in [0.25, 0.3) is 33.9 Å². The van der Waals surface area contributed by atoms with Crippen LogP contribution in [0.1, 0.15) is 28.9 Å². The van der Waals surface area contributed by atoms with Crippen LogP contribution >= 0.6 is 0 Å². The van der Waals surface area contributed by atoms with E-state index in [2.05, 4.69) is 73.4 Å². The number of aromatic nitrogens is 2. The molecule has 1 aliphatic rings. The molecule has 1 aliphatic carbocycles. The Hall–Kier alpha value is -3.68. The third kappa shape index (κ3) is 3.24. The van der Waals surface area contributed by atoms with Gasteiger partial charge >= 0.3 is 0 Å². The molecule has 0 spiro atoms. The second kappa shape index (κ2) is 7.86. The molecule has 2 aromatic carbocycles. The number of fused-ring (bicyclic) bond motifs is 2. The lowest BCUT2D eigenvalue weighted by Gasteiger charge is -2.15. The number of rotatable bonds is 4. The van der Waals surface area contributed by atoms with Gasteiger partial charge in [-0.15, -0.1) is 0 Å². The predicted molar refractivity (Wildman–Crippen MR) is 125 cm³/mol. The van der Waals surface area contributed by atoms with Crippen molar-refractivity contribution in [2.75, 3.05) is 14.1 Å². The number of pyridine rings is 1. The summed E-state index contributed by atoms with van der Waals surface area (Å²) < 4.78 is 2.22. The van der Waals surface area contributed by atoms with E-state index in [-0.39, 0.29) is 0 Å². The number of hydrogen-bond donors (Lipinski definition) is 1. The minimum atomic E-state index is 0.642. The van der Waals surface area contributed by atoms with E-state index in [1.807, 2.05) is 24.3 Å². The number of nitrogens with one attached hydrogen (secondary N) is 1. The maximum Gasteiger partial charge on any atom is 0.108 e. The van der Waals surface area contributed by atoms with Crippen molar-refractivity contribution in [3.8, 4) is 22.9 Å². The van der Waals surface area contributed by atoms with Crippen LogP contribution in [0.15, 0.2) is 66.9 Å². The molecular formula is C27H25N4+. The highest BCUT2D eigenvalue weighted by Crippen LogP contribution is 2.41. The average Bonchev–Trinajstić information content (AvgIpc) is 3.39. The molecule has 4 heteroatoms. The van der Waals surface area contributed by atoms with Gasteiger partial charge in [0.1, 0.15) is 17.1 Å². The third-order valence-corrected chi connectivity index (χ3v) is 5.92. The van der Waals surface area contributed by atoms with E-state index in [0.29, 0.717) is 5.56 Å². The summed E-state index contributed by atoms with van der Waals surface area (Å²) in [5.41, 5.74) is 9.27. The number of nitrogens with zero attached hydrogens (tertiary/aromatic N) is 3. The highest BCUT2D eigenvalue weighted by molar-refractivity contribution is 6.01. The topological polar surface area (TPSA) is 46.1 Å². The summed E-state index contributed by atoms with van der Waals surface area (Å²) in [6, 6.07) is 23.3. The van der Waals surface area contributed by atoms with Crippen LogP contribution in [0, 0.1) is 11.3 Å². The summed E-state index contributed by atoms with van der Waals surface area (Å²) in [5.74, 6) is 0. The van der Waals surface area contributed by atoms with Gasteiger partial charge < -0.3 is 9.47 Å². The first kappa shape index (κ1) is 19.3. The molecule has 0 bridgehead atoms. The van der Waals surface area contributed by atoms with Gasteiger partial charge in [-0.25, -0.2) is 4.98 Å². The SMILES string of the molecule is C[NH+](C)/C=C/c1c(C#N)c2nc3c(c(-c4ccccc4)c2n1-c1ccccc1)CCC3. The van der Waals surface area contributed by atoms with Crippen molar-refractivity contribution in [2.45, 2.75) is 19.3 Å². The summed E-state index contributed by atoms with van der Waals surface area (Å²) in [5, 5.41) is 10.2. The lowest BCUT2D eigenvalue weighted by molar-refractivity contribution is -0.800. The lowest BCUT2D eigenvalue weighted by atomic mass is 9.97. The van der Waals surface area contributed by atoms with Gasteiger partial charge in [0.15, 0.2) is 0 Å². The molecule has 2 aromatic heterocycles. The van der Waals surface area contributed by atoms with Crippen molar-refractivity contribution in [1.82, 2.24) is 9.55 Å². The van der Waals surface area contributed by atoms with E-state index in [1.54, 1.807) is 0 Å². The van der Waals surface area contributed by atoms with Crippen LogP contribution in [0.5, 0.6) is 0 Å². The van der Waals surface area contributed by atoms with Crippen LogP contribution in [0.4, 0.5) is 0 Å².